The van der Waals surface area contributed by atoms with Gasteiger partial charge in [0.1, 0.15) is 0 Å². The van der Waals surface area contributed by atoms with Gasteiger partial charge in [-0.3, -0.25) is 14.4 Å². The average molecular weight is 323 g/mol. The second-order valence-electron chi connectivity index (χ2n) is 5.41. The lowest BCUT2D eigenvalue weighted by atomic mass is 10.1. The number of carbonyl (C=O) groups is 3. The lowest BCUT2D eigenvalue weighted by molar-refractivity contribution is -0.134. The molecule has 1 fully saturated rings. The Morgan fingerprint density at radius 2 is 2.27 bits per heavy atom. The zero-order valence-electron chi connectivity index (χ0n) is 12.6. The van der Waals surface area contributed by atoms with Crippen LogP contribution in [0.3, 0.4) is 0 Å². The summed E-state index contributed by atoms with van der Waals surface area (Å²) >= 11 is 1.40. The summed E-state index contributed by atoms with van der Waals surface area (Å²) in [6, 6.07) is 3.64. The van der Waals surface area contributed by atoms with Crippen molar-refractivity contribution < 1.29 is 14.4 Å². The van der Waals surface area contributed by atoms with Gasteiger partial charge in [-0.1, -0.05) is 6.07 Å². The van der Waals surface area contributed by atoms with E-state index in [1.54, 1.807) is 18.0 Å². The molecule has 2 rings (SSSR count). The van der Waals surface area contributed by atoms with Crippen LogP contribution in [0.25, 0.3) is 0 Å². The fourth-order valence-electron chi connectivity index (χ4n) is 2.38. The SMILES string of the molecule is CN1CC(NC(=O)CCCNC(=O)c2cccs2)CCC1=O. The number of likely N-dealkylation sites (tertiary alicyclic amines) is 1. The van der Waals surface area contributed by atoms with E-state index >= 15 is 0 Å². The molecule has 7 heteroatoms. The third kappa shape index (κ3) is 4.84. The number of thiophene rings is 1. The summed E-state index contributed by atoms with van der Waals surface area (Å²) in [5.41, 5.74) is 0. The van der Waals surface area contributed by atoms with Gasteiger partial charge in [-0.2, -0.15) is 0 Å². The van der Waals surface area contributed by atoms with Crippen LogP contribution in [0.5, 0.6) is 0 Å². The Kier molecular flexibility index (Phi) is 5.94. The highest BCUT2D eigenvalue weighted by atomic mass is 32.1. The first-order valence-electron chi connectivity index (χ1n) is 7.41. The van der Waals surface area contributed by atoms with E-state index in [0.29, 0.717) is 43.6 Å². The number of piperidine rings is 1. The van der Waals surface area contributed by atoms with Crippen LogP contribution >= 0.6 is 11.3 Å². The molecule has 1 aromatic rings. The first-order chi connectivity index (χ1) is 10.6. The lowest BCUT2D eigenvalue weighted by Crippen LogP contribution is -2.48. The molecule has 0 spiro atoms. The van der Waals surface area contributed by atoms with Gasteiger partial charge in [-0.05, 0) is 24.3 Å². The van der Waals surface area contributed by atoms with Gasteiger partial charge in [0.2, 0.25) is 11.8 Å². The summed E-state index contributed by atoms with van der Waals surface area (Å²) in [7, 11) is 1.75. The highest BCUT2D eigenvalue weighted by Crippen LogP contribution is 2.10. The summed E-state index contributed by atoms with van der Waals surface area (Å²) < 4.78 is 0. The van der Waals surface area contributed by atoms with Crippen molar-refractivity contribution in [3.05, 3.63) is 22.4 Å². The summed E-state index contributed by atoms with van der Waals surface area (Å²) in [5, 5.41) is 7.59. The maximum absolute atomic E-state index is 11.8. The van der Waals surface area contributed by atoms with Crippen molar-refractivity contribution in [3.8, 4) is 0 Å². The fourth-order valence-corrected chi connectivity index (χ4v) is 3.02. The van der Waals surface area contributed by atoms with E-state index in [0.717, 1.165) is 0 Å². The molecular formula is C15H21N3O3S. The smallest absolute Gasteiger partial charge is 0.261 e. The summed E-state index contributed by atoms with van der Waals surface area (Å²) in [6.45, 7) is 1.05. The Balaban J connectivity index is 1.60. The second-order valence-corrected chi connectivity index (χ2v) is 6.36. The number of nitrogens with one attached hydrogen (secondary N) is 2. The number of likely N-dealkylation sites (N-methyl/N-ethyl adjacent to an activating group) is 1. The number of nitrogens with zero attached hydrogens (tertiary/aromatic N) is 1. The monoisotopic (exact) mass is 323 g/mol. The third-order valence-electron chi connectivity index (χ3n) is 3.60. The molecule has 2 heterocycles. The predicted molar refractivity (Wildman–Crippen MR) is 84.7 cm³/mol. The number of hydrogen-bond acceptors (Lipinski definition) is 4. The Bertz CT molecular complexity index is 530. The summed E-state index contributed by atoms with van der Waals surface area (Å²) in [5.74, 6) is 0.00253. The number of hydrogen-bond donors (Lipinski definition) is 2. The number of carbonyl (C=O) groups excluding carboxylic acids is 3. The van der Waals surface area contributed by atoms with E-state index in [1.807, 2.05) is 11.4 Å². The molecule has 1 saturated heterocycles. The standard InChI is InChI=1S/C15H21N3O3S/c1-18-10-11(6-7-14(18)20)17-13(19)5-2-8-16-15(21)12-4-3-9-22-12/h3-4,9,11H,2,5-8,10H2,1H3,(H,16,21)(H,17,19). The molecule has 1 aliphatic heterocycles. The molecule has 3 amide bonds. The lowest BCUT2D eigenvalue weighted by Gasteiger charge is -2.30. The molecule has 0 saturated carbocycles. The topological polar surface area (TPSA) is 78.5 Å². The Morgan fingerprint density at radius 1 is 1.45 bits per heavy atom. The fraction of sp³-hybridized carbons (Fsp3) is 0.533. The van der Waals surface area contributed by atoms with E-state index in [4.69, 9.17) is 0 Å². The molecule has 1 atom stereocenters. The van der Waals surface area contributed by atoms with Crippen molar-refractivity contribution in [1.82, 2.24) is 15.5 Å². The van der Waals surface area contributed by atoms with Crippen LogP contribution in [0.1, 0.15) is 35.4 Å². The van der Waals surface area contributed by atoms with E-state index in [-0.39, 0.29) is 23.8 Å². The zero-order chi connectivity index (χ0) is 15.9. The predicted octanol–water partition coefficient (Wildman–Crippen LogP) is 0.995. The first kappa shape index (κ1) is 16.5. The van der Waals surface area contributed by atoms with Crippen molar-refractivity contribution in [2.24, 2.45) is 0 Å². The number of amides is 3. The van der Waals surface area contributed by atoms with Crippen molar-refractivity contribution in [1.29, 1.82) is 0 Å². The van der Waals surface area contributed by atoms with Crippen LogP contribution in [0.15, 0.2) is 17.5 Å². The summed E-state index contributed by atoms with van der Waals surface area (Å²) in [4.78, 5) is 37.2. The maximum atomic E-state index is 11.8. The number of rotatable bonds is 6. The average Bonchev–Trinajstić information content (AvgIpc) is 3.01. The maximum Gasteiger partial charge on any atom is 0.261 e. The largest absolute Gasteiger partial charge is 0.352 e. The minimum Gasteiger partial charge on any atom is -0.352 e. The van der Waals surface area contributed by atoms with Crippen LogP contribution in [-0.4, -0.2) is 48.8 Å². The third-order valence-corrected chi connectivity index (χ3v) is 4.47. The molecule has 0 aromatic carbocycles. The highest BCUT2D eigenvalue weighted by molar-refractivity contribution is 7.12. The molecule has 6 nitrogen and oxygen atoms in total. The van der Waals surface area contributed by atoms with Crippen molar-refractivity contribution >= 4 is 29.1 Å². The minimum absolute atomic E-state index is 0.0295. The Labute approximate surface area is 133 Å². The van der Waals surface area contributed by atoms with Gasteiger partial charge in [-0.25, -0.2) is 0 Å². The molecule has 0 radical (unpaired) electrons. The molecular weight excluding hydrogens is 302 g/mol. The molecule has 0 aliphatic carbocycles. The van der Waals surface area contributed by atoms with Crippen LogP contribution in [0, 0.1) is 0 Å². The molecule has 1 unspecified atom stereocenters. The molecule has 2 N–H and O–H groups in total. The van der Waals surface area contributed by atoms with Gasteiger partial charge < -0.3 is 15.5 Å². The van der Waals surface area contributed by atoms with Crippen molar-refractivity contribution in [3.63, 3.8) is 0 Å². The van der Waals surface area contributed by atoms with Crippen molar-refractivity contribution in [2.45, 2.75) is 31.7 Å². The van der Waals surface area contributed by atoms with Gasteiger partial charge in [0.05, 0.1) is 4.88 Å². The van der Waals surface area contributed by atoms with Gasteiger partial charge in [0.25, 0.3) is 5.91 Å². The minimum atomic E-state index is -0.0946. The van der Waals surface area contributed by atoms with E-state index in [9.17, 15) is 14.4 Å². The molecule has 1 aliphatic rings. The van der Waals surface area contributed by atoms with Gasteiger partial charge in [0.15, 0.2) is 0 Å². The molecule has 0 bridgehead atoms. The Hall–Kier alpha value is -1.89. The van der Waals surface area contributed by atoms with E-state index in [2.05, 4.69) is 10.6 Å². The second kappa shape index (κ2) is 7.93. The molecule has 120 valence electrons. The normalized spacial score (nSPS) is 18.1. The van der Waals surface area contributed by atoms with E-state index < -0.39 is 0 Å². The van der Waals surface area contributed by atoms with Gasteiger partial charge in [0, 0.05) is 39.0 Å². The Morgan fingerprint density at radius 3 is 2.95 bits per heavy atom. The quantitative estimate of drug-likeness (QED) is 0.767. The summed E-state index contributed by atoms with van der Waals surface area (Å²) in [6.07, 6.45) is 2.16. The first-order valence-corrected chi connectivity index (χ1v) is 8.29. The molecule has 1 aromatic heterocycles. The van der Waals surface area contributed by atoms with Crippen LogP contribution in [0.4, 0.5) is 0 Å². The van der Waals surface area contributed by atoms with Gasteiger partial charge in [-0.15, -0.1) is 11.3 Å². The van der Waals surface area contributed by atoms with E-state index in [1.165, 1.54) is 11.3 Å². The highest BCUT2D eigenvalue weighted by Gasteiger charge is 2.23. The van der Waals surface area contributed by atoms with Crippen LogP contribution < -0.4 is 10.6 Å². The molecule has 22 heavy (non-hydrogen) atoms. The zero-order valence-corrected chi connectivity index (χ0v) is 13.4. The van der Waals surface area contributed by atoms with Crippen LogP contribution in [0.2, 0.25) is 0 Å². The van der Waals surface area contributed by atoms with Gasteiger partial charge >= 0.3 is 0 Å². The van der Waals surface area contributed by atoms with Crippen molar-refractivity contribution in [2.75, 3.05) is 20.1 Å². The van der Waals surface area contributed by atoms with Crippen LogP contribution in [-0.2, 0) is 9.59 Å².